The minimum atomic E-state index is -0.213. The predicted octanol–water partition coefficient (Wildman–Crippen LogP) is 10.5. The fourth-order valence-corrected chi connectivity index (χ4v) is 8.90. The van der Waals surface area contributed by atoms with Gasteiger partial charge in [-0.15, -0.1) is 0 Å². The molecule has 0 amide bonds. The van der Waals surface area contributed by atoms with Gasteiger partial charge in [0.2, 0.25) is 0 Å². The Morgan fingerprint density at radius 2 is 0.745 bits per heavy atom. The van der Waals surface area contributed by atoms with Crippen LogP contribution in [-0.2, 0) is 0 Å². The number of benzene rings is 8. The van der Waals surface area contributed by atoms with Crippen molar-refractivity contribution < 1.29 is 4.42 Å². The fourth-order valence-electron chi connectivity index (χ4n) is 7.49. The van der Waals surface area contributed by atoms with E-state index in [9.17, 15) is 0 Å². The van der Waals surface area contributed by atoms with E-state index >= 15 is 0 Å². The second kappa shape index (κ2) is 13.1. The van der Waals surface area contributed by atoms with Crippen molar-refractivity contribution in [3.63, 3.8) is 0 Å². The monoisotopic (exact) mass is 690 g/mol. The maximum Gasteiger partial charge on any atom is 0.136 e. The molecule has 51 heavy (non-hydrogen) atoms. The van der Waals surface area contributed by atoms with Gasteiger partial charge < -0.3 is 14.2 Å². The smallest absolute Gasteiger partial charge is 0.136 e. The normalized spacial score (nSPS) is 12.0. The Balaban J connectivity index is 1.19. The zero-order chi connectivity index (χ0) is 34.3. The maximum absolute atomic E-state index is 6.53. The molecule has 1 aromatic heterocycles. The van der Waals surface area contributed by atoms with E-state index in [4.69, 9.17) is 4.42 Å². The Morgan fingerprint density at radius 1 is 0.373 bits per heavy atom. The molecule has 0 aliphatic carbocycles. The largest absolute Gasteiger partial charge is 0.456 e. The molecular weight excluding hydrogens is 653 g/mol. The van der Waals surface area contributed by atoms with E-state index in [0.717, 1.165) is 56.1 Å². The van der Waals surface area contributed by atoms with Crippen molar-refractivity contribution in [2.24, 2.45) is 0 Å². The van der Waals surface area contributed by atoms with E-state index in [1.807, 2.05) is 0 Å². The first-order valence-electron chi connectivity index (χ1n) is 17.9. The van der Waals surface area contributed by atoms with Gasteiger partial charge in [-0.05, 0) is 106 Å². The summed E-state index contributed by atoms with van der Waals surface area (Å²) in [6.45, 7) is 4.67. The van der Waals surface area contributed by atoms with E-state index in [1.165, 1.54) is 31.9 Å². The van der Waals surface area contributed by atoms with Crippen molar-refractivity contribution in [3.05, 3.63) is 170 Å². The summed E-state index contributed by atoms with van der Waals surface area (Å²) in [7, 11) is -0.425. The summed E-state index contributed by atoms with van der Waals surface area (Å²) < 4.78 is 6.53. The van der Waals surface area contributed by atoms with Crippen LogP contribution in [-0.4, -0.2) is 19.0 Å². The van der Waals surface area contributed by atoms with Gasteiger partial charge in [0, 0.05) is 44.9 Å². The fraction of sp³-hybridized carbons (Fsp3) is 0.0435. The zero-order valence-corrected chi connectivity index (χ0v) is 31.7. The Labute approximate surface area is 303 Å². The number of para-hydroxylation sites is 2. The molecule has 0 fully saturated rings. The molecule has 0 spiro atoms. The van der Waals surface area contributed by atoms with E-state index in [1.54, 1.807) is 0 Å². The Morgan fingerprint density at radius 3 is 1.14 bits per heavy atom. The summed E-state index contributed by atoms with van der Waals surface area (Å²) >= 11 is 0. The molecule has 0 N–H and O–H groups in total. The summed E-state index contributed by atoms with van der Waals surface area (Å²) in [6.07, 6.45) is 0. The lowest BCUT2D eigenvalue weighted by Crippen LogP contribution is -2.13. The minimum absolute atomic E-state index is 0.213. The second-order valence-electron chi connectivity index (χ2n) is 13.2. The summed E-state index contributed by atoms with van der Waals surface area (Å²) in [5.74, 6) is 0. The molecule has 0 saturated carbocycles. The van der Waals surface area contributed by atoms with Crippen molar-refractivity contribution in [2.45, 2.75) is 13.1 Å². The Bertz CT molecular complexity index is 2470. The quantitative estimate of drug-likeness (QED) is 0.148. The molecule has 9 rings (SSSR count). The third-order valence-electron chi connectivity index (χ3n) is 10.2. The van der Waals surface area contributed by atoms with Crippen molar-refractivity contribution in [3.8, 4) is 0 Å². The lowest BCUT2D eigenvalue weighted by molar-refractivity contribution is 0.669. The highest BCUT2D eigenvalue weighted by Crippen LogP contribution is 2.43. The van der Waals surface area contributed by atoms with Gasteiger partial charge in [0.05, 0.1) is 19.0 Å². The standard InChI is InChI=1S/C46H38N2OSi2/c1-50-39-21-15-35(16-22-39)47(33-9-5-3-6-10-33)37-19-25-41-31(29-37)13-27-43-45(41)46-42-26-20-38(30-32(42)14-28-44(46)49-43)48(34-11-7-4-8-12-34)36-17-23-40(51-2)24-18-36/h3-30H,50-51H2,1-2H3. The van der Waals surface area contributed by atoms with E-state index in [2.05, 4.69) is 193 Å². The highest BCUT2D eigenvalue weighted by molar-refractivity contribution is 6.52. The number of rotatable bonds is 8. The number of hydrogen-bond acceptors (Lipinski definition) is 3. The molecule has 0 atom stereocenters. The van der Waals surface area contributed by atoms with Crippen LogP contribution in [0.15, 0.2) is 174 Å². The number of fused-ring (bicyclic) bond motifs is 7. The first kappa shape index (κ1) is 31.1. The molecule has 0 aliphatic rings. The van der Waals surface area contributed by atoms with Crippen LogP contribution in [0.3, 0.4) is 0 Å². The Kier molecular flexibility index (Phi) is 7.99. The van der Waals surface area contributed by atoms with Gasteiger partial charge >= 0.3 is 0 Å². The molecular formula is C46H38N2OSi2. The Hall–Kier alpha value is -5.89. The van der Waals surface area contributed by atoms with Crippen LogP contribution in [0.1, 0.15) is 0 Å². The van der Waals surface area contributed by atoms with E-state index in [-0.39, 0.29) is 19.0 Å². The van der Waals surface area contributed by atoms with Gasteiger partial charge in [0.1, 0.15) is 11.2 Å². The van der Waals surface area contributed by atoms with Gasteiger partial charge in [-0.25, -0.2) is 0 Å². The molecule has 0 bridgehead atoms. The van der Waals surface area contributed by atoms with Crippen molar-refractivity contribution in [2.75, 3.05) is 9.80 Å². The molecule has 8 aromatic carbocycles. The van der Waals surface area contributed by atoms with Gasteiger partial charge in [0.25, 0.3) is 0 Å². The maximum atomic E-state index is 6.53. The summed E-state index contributed by atoms with van der Waals surface area (Å²) in [4.78, 5) is 4.70. The molecule has 0 aliphatic heterocycles. The SMILES string of the molecule is C[SiH2]c1ccc(N(c2ccccc2)c2ccc3c(ccc4oc5ccc6cc(N(c7ccccc7)c7ccc([SiH2]C)cc7)ccc6c5c43)c2)cc1. The lowest BCUT2D eigenvalue weighted by Gasteiger charge is -2.26. The molecule has 5 heteroatoms. The highest BCUT2D eigenvalue weighted by atomic mass is 28.2. The average Bonchev–Trinajstić information content (AvgIpc) is 3.59. The second-order valence-corrected chi connectivity index (χ2v) is 16.2. The predicted molar refractivity (Wildman–Crippen MR) is 226 cm³/mol. The molecule has 0 unspecified atom stereocenters. The average molecular weight is 691 g/mol. The molecule has 1 heterocycles. The number of nitrogens with zero attached hydrogens (tertiary/aromatic N) is 2. The third-order valence-corrected chi connectivity index (χ3v) is 12.7. The van der Waals surface area contributed by atoms with Crippen LogP contribution in [0.4, 0.5) is 34.1 Å². The summed E-state index contributed by atoms with van der Waals surface area (Å²) in [5, 5.41) is 10.0. The molecule has 0 radical (unpaired) electrons. The first-order chi connectivity index (χ1) is 25.2. The number of anilines is 6. The van der Waals surface area contributed by atoms with Crippen LogP contribution < -0.4 is 20.2 Å². The number of furan rings is 1. The lowest BCUT2D eigenvalue weighted by atomic mass is 9.98. The molecule has 9 aromatic rings. The van der Waals surface area contributed by atoms with Gasteiger partial charge in [0.15, 0.2) is 0 Å². The summed E-state index contributed by atoms with van der Waals surface area (Å²) in [5.41, 5.74) is 8.69. The zero-order valence-electron chi connectivity index (χ0n) is 28.9. The molecule has 0 saturated heterocycles. The van der Waals surface area contributed by atoms with E-state index in [0.29, 0.717) is 0 Å². The van der Waals surface area contributed by atoms with Crippen molar-refractivity contribution >= 4 is 107 Å². The van der Waals surface area contributed by atoms with Crippen LogP contribution in [0.5, 0.6) is 0 Å². The first-order valence-corrected chi connectivity index (χ1v) is 22.1. The van der Waals surface area contributed by atoms with Gasteiger partial charge in [-0.1, -0.05) is 108 Å². The number of hydrogen-bond donors (Lipinski definition) is 0. The minimum Gasteiger partial charge on any atom is -0.456 e. The van der Waals surface area contributed by atoms with Gasteiger partial charge in [-0.2, -0.15) is 0 Å². The van der Waals surface area contributed by atoms with Gasteiger partial charge in [-0.3, -0.25) is 0 Å². The van der Waals surface area contributed by atoms with Crippen molar-refractivity contribution in [1.82, 2.24) is 0 Å². The van der Waals surface area contributed by atoms with Crippen LogP contribution in [0, 0.1) is 0 Å². The van der Waals surface area contributed by atoms with Crippen molar-refractivity contribution in [1.29, 1.82) is 0 Å². The summed E-state index contributed by atoms with van der Waals surface area (Å²) in [6, 6.07) is 61.9. The topological polar surface area (TPSA) is 19.6 Å². The van der Waals surface area contributed by atoms with E-state index < -0.39 is 0 Å². The third kappa shape index (κ3) is 5.61. The molecule has 3 nitrogen and oxygen atoms in total. The van der Waals surface area contributed by atoms with Crippen LogP contribution in [0.2, 0.25) is 13.1 Å². The van der Waals surface area contributed by atoms with Crippen LogP contribution in [0.25, 0.3) is 43.5 Å². The molecule has 246 valence electrons. The highest BCUT2D eigenvalue weighted by Gasteiger charge is 2.18. The van der Waals surface area contributed by atoms with Crippen LogP contribution >= 0.6 is 0 Å².